The number of aromatic nitrogens is 2. The van der Waals surface area contributed by atoms with E-state index in [1.165, 1.54) is 12.4 Å². The van der Waals surface area contributed by atoms with Crippen molar-refractivity contribution in [2.24, 2.45) is 0 Å². The van der Waals surface area contributed by atoms with Gasteiger partial charge in [-0.25, -0.2) is 18.4 Å². The summed E-state index contributed by atoms with van der Waals surface area (Å²) in [6.45, 7) is 0.388. The van der Waals surface area contributed by atoms with Crippen molar-refractivity contribution in [3.8, 4) is 0 Å². The number of nitrogens with zero attached hydrogens (tertiary/aromatic N) is 2. The molecule has 0 aliphatic rings. The monoisotopic (exact) mass is 294 g/mol. The van der Waals surface area contributed by atoms with Crippen LogP contribution < -0.4 is 10.0 Å². The highest BCUT2D eigenvalue weighted by atomic mass is 79.9. The molecule has 0 saturated carbocycles. The maximum absolute atomic E-state index is 11.4. The SMILES string of the molecule is CNCCS(=O)(=O)Nc1cnc(Br)cn1. The van der Waals surface area contributed by atoms with Crippen LogP contribution in [-0.2, 0) is 10.0 Å². The van der Waals surface area contributed by atoms with E-state index in [9.17, 15) is 8.42 Å². The summed E-state index contributed by atoms with van der Waals surface area (Å²) in [6.07, 6.45) is 2.77. The van der Waals surface area contributed by atoms with Crippen LogP contribution in [0.4, 0.5) is 5.82 Å². The molecule has 84 valence electrons. The molecular formula is C7H11BrN4O2S. The van der Waals surface area contributed by atoms with Crippen molar-refractivity contribution in [3.63, 3.8) is 0 Å². The van der Waals surface area contributed by atoms with Crippen LogP contribution in [0.5, 0.6) is 0 Å². The highest BCUT2D eigenvalue weighted by molar-refractivity contribution is 9.10. The van der Waals surface area contributed by atoms with Gasteiger partial charge in [-0.05, 0) is 23.0 Å². The fourth-order valence-electron chi connectivity index (χ4n) is 0.812. The molecule has 2 N–H and O–H groups in total. The second kappa shape index (κ2) is 5.38. The van der Waals surface area contributed by atoms with E-state index in [-0.39, 0.29) is 11.6 Å². The molecular weight excluding hydrogens is 284 g/mol. The van der Waals surface area contributed by atoms with Gasteiger partial charge in [0.1, 0.15) is 4.60 Å². The Kier molecular flexibility index (Phi) is 4.43. The van der Waals surface area contributed by atoms with Crippen molar-refractivity contribution in [2.45, 2.75) is 0 Å². The van der Waals surface area contributed by atoms with Gasteiger partial charge in [-0.2, -0.15) is 0 Å². The summed E-state index contributed by atoms with van der Waals surface area (Å²) in [5, 5.41) is 2.76. The van der Waals surface area contributed by atoms with Crippen molar-refractivity contribution in [3.05, 3.63) is 17.0 Å². The Labute approximate surface area is 96.7 Å². The molecule has 1 rings (SSSR count). The molecule has 0 bridgehead atoms. The summed E-state index contributed by atoms with van der Waals surface area (Å²) in [5.41, 5.74) is 0. The Bertz CT molecular complexity index is 406. The van der Waals surface area contributed by atoms with Gasteiger partial charge in [0.25, 0.3) is 0 Å². The molecule has 0 unspecified atom stereocenters. The molecule has 1 aromatic rings. The van der Waals surface area contributed by atoms with Crippen LogP contribution >= 0.6 is 15.9 Å². The van der Waals surface area contributed by atoms with Gasteiger partial charge in [0.05, 0.1) is 18.1 Å². The van der Waals surface area contributed by atoms with Gasteiger partial charge in [0.2, 0.25) is 10.0 Å². The Balaban J connectivity index is 2.65. The van der Waals surface area contributed by atoms with Gasteiger partial charge >= 0.3 is 0 Å². The zero-order valence-corrected chi connectivity index (χ0v) is 10.5. The van der Waals surface area contributed by atoms with Crippen LogP contribution in [0.25, 0.3) is 0 Å². The first-order valence-electron chi connectivity index (χ1n) is 4.16. The zero-order chi connectivity index (χ0) is 11.3. The minimum atomic E-state index is -3.34. The van der Waals surface area contributed by atoms with E-state index in [1.807, 2.05) is 0 Å². The van der Waals surface area contributed by atoms with E-state index in [1.54, 1.807) is 7.05 Å². The minimum Gasteiger partial charge on any atom is -0.319 e. The van der Waals surface area contributed by atoms with Gasteiger partial charge in [0, 0.05) is 6.54 Å². The van der Waals surface area contributed by atoms with Crippen LogP contribution in [0.15, 0.2) is 17.0 Å². The van der Waals surface area contributed by atoms with Crippen LogP contribution in [0.1, 0.15) is 0 Å². The highest BCUT2D eigenvalue weighted by Gasteiger charge is 2.10. The predicted molar refractivity (Wildman–Crippen MR) is 61.1 cm³/mol. The van der Waals surface area contributed by atoms with Crippen molar-refractivity contribution in [1.82, 2.24) is 15.3 Å². The summed E-state index contributed by atoms with van der Waals surface area (Å²) in [4.78, 5) is 7.71. The standard InChI is InChI=1S/C7H11BrN4O2S/c1-9-2-3-15(13,14)12-7-5-10-6(8)4-11-7/h4-5,9H,2-3H2,1H3,(H,11,12). The number of sulfonamides is 1. The second-order valence-corrected chi connectivity index (χ2v) is 5.40. The molecule has 1 aromatic heterocycles. The summed E-state index contributed by atoms with van der Waals surface area (Å²) in [5.74, 6) is 0.218. The van der Waals surface area contributed by atoms with E-state index in [2.05, 4.69) is 35.9 Å². The van der Waals surface area contributed by atoms with Gasteiger partial charge in [-0.15, -0.1) is 0 Å². The lowest BCUT2D eigenvalue weighted by molar-refractivity contribution is 0.598. The number of hydrogen-bond acceptors (Lipinski definition) is 5. The summed E-state index contributed by atoms with van der Waals surface area (Å²) in [6, 6.07) is 0. The zero-order valence-electron chi connectivity index (χ0n) is 8.07. The van der Waals surface area contributed by atoms with E-state index < -0.39 is 10.0 Å². The summed E-state index contributed by atoms with van der Waals surface area (Å²) >= 11 is 3.11. The molecule has 0 saturated heterocycles. The third kappa shape index (κ3) is 4.54. The maximum Gasteiger partial charge on any atom is 0.235 e. The molecule has 0 amide bonds. The highest BCUT2D eigenvalue weighted by Crippen LogP contribution is 2.07. The Morgan fingerprint density at radius 3 is 2.67 bits per heavy atom. The number of hydrogen-bond donors (Lipinski definition) is 2. The number of anilines is 1. The largest absolute Gasteiger partial charge is 0.319 e. The van der Waals surface area contributed by atoms with Crippen LogP contribution in [0, 0.1) is 0 Å². The van der Waals surface area contributed by atoms with Crippen LogP contribution in [0.2, 0.25) is 0 Å². The first-order valence-corrected chi connectivity index (χ1v) is 6.60. The number of rotatable bonds is 5. The third-order valence-corrected chi connectivity index (χ3v) is 3.17. The normalized spacial score (nSPS) is 11.3. The lowest BCUT2D eigenvalue weighted by Gasteiger charge is -2.05. The molecule has 0 radical (unpaired) electrons. The fourth-order valence-corrected chi connectivity index (χ4v) is 2.02. The predicted octanol–water partition coefficient (Wildman–Crippen LogP) is 0.200. The number of nitrogens with one attached hydrogen (secondary N) is 2. The van der Waals surface area contributed by atoms with Crippen molar-refractivity contribution in [2.75, 3.05) is 24.1 Å². The Morgan fingerprint density at radius 2 is 2.13 bits per heavy atom. The average Bonchev–Trinajstić information content (AvgIpc) is 2.18. The van der Waals surface area contributed by atoms with E-state index in [0.29, 0.717) is 11.1 Å². The van der Waals surface area contributed by atoms with Crippen LogP contribution in [0.3, 0.4) is 0 Å². The van der Waals surface area contributed by atoms with Crippen LogP contribution in [-0.4, -0.2) is 37.7 Å². The summed E-state index contributed by atoms with van der Waals surface area (Å²) < 4.78 is 25.7. The average molecular weight is 295 g/mol. The minimum absolute atomic E-state index is 0.00123. The van der Waals surface area contributed by atoms with Crippen molar-refractivity contribution >= 4 is 31.8 Å². The fraction of sp³-hybridized carbons (Fsp3) is 0.429. The Hall–Kier alpha value is -0.730. The molecule has 0 spiro atoms. The van der Waals surface area contributed by atoms with E-state index in [0.717, 1.165) is 0 Å². The van der Waals surface area contributed by atoms with E-state index in [4.69, 9.17) is 0 Å². The second-order valence-electron chi connectivity index (χ2n) is 2.75. The maximum atomic E-state index is 11.4. The molecule has 15 heavy (non-hydrogen) atoms. The van der Waals surface area contributed by atoms with Gasteiger partial charge in [-0.3, -0.25) is 4.72 Å². The molecule has 1 heterocycles. The Morgan fingerprint density at radius 1 is 1.40 bits per heavy atom. The molecule has 0 aliphatic carbocycles. The van der Waals surface area contributed by atoms with Gasteiger partial charge < -0.3 is 5.32 Å². The topological polar surface area (TPSA) is 84.0 Å². The van der Waals surface area contributed by atoms with Gasteiger partial charge in [0.15, 0.2) is 5.82 Å². The van der Waals surface area contributed by atoms with Crippen molar-refractivity contribution in [1.29, 1.82) is 0 Å². The summed E-state index contributed by atoms with van der Waals surface area (Å²) in [7, 11) is -1.65. The van der Waals surface area contributed by atoms with Crippen molar-refractivity contribution < 1.29 is 8.42 Å². The first-order chi connectivity index (χ1) is 7.03. The lowest BCUT2D eigenvalue weighted by atomic mass is 10.7. The molecule has 0 fully saturated rings. The van der Waals surface area contributed by atoms with E-state index >= 15 is 0 Å². The quantitative estimate of drug-likeness (QED) is 0.810. The van der Waals surface area contributed by atoms with Gasteiger partial charge in [-0.1, -0.05) is 0 Å². The molecule has 0 aliphatic heterocycles. The molecule has 8 heteroatoms. The molecule has 0 atom stereocenters. The third-order valence-electron chi connectivity index (χ3n) is 1.50. The molecule has 6 nitrogen and oxygen atoms in total. The molecule has 0 aromatic carbocycles. The number of halogens is 1. The first kappa shape index (κ1) is 12.3. The lowest BCUT2D eigenvalue weighted by Crippen LogP contribution is -2.24. The smallest absolute Gasteiger partial charge is 0.235 e.